The highest BCUT2D eigenvalue weighted by atomic mass is 32.2. The molecule has 0 aliphatic heterocycles. The molecule has 11 heteroatoms. The second-order valence-electron chi connectivity index (χ2n) is 10.8. The Morgan fingerprint density at radius 1 is 0.977 bits per heavy atom. The van der Waals surface area contributed by atoms with Crippen molar-refractivity contribution in [3.63, 3.8) is 0 Å². The third kappa shape index (κ3) is 7.65. The molecule has 1 atom stereocenters. The second-order valence-corrected chi connectivity index (χ2v) is 12.5. The van der Waals surface area contributed by atoms with Crippen molar-refractivity contribution in [2.24, 2.45) is 5.92 Å². The van der Waals surface area contributed by atoms with E-state index in [1.54, 1.807) is 50.6 Å². The zero-order valence-corrected chi connectivity index (χ0v) is 26.5. The molecule has 1 aromatic heterocycles. The largest absolute Gasteiger partial charge is 0.497 e. The van der Waals surface area contributed by atoms with Gasteiger partial charge in [-0.15, -0.1) is 0 Å². The minimum atomic E-state index is -4.30. The van der Waals surface area contributed by atoms with Gasteiger partial charge in [0.05, 0.1) is 17.7 Å². The zero-order valence-electron chi connectivity index (χ0n) is 25.7. The number of carbonyl (C=O) groups excluding carboxylic acids is 2. The highest BCUT2D eigenvalue weighted by Crippen LogP contribution is 2.28. The molecule has 0 bridgehead atoms. The van der Waals surface area contributed by atoms with Crippen molar-refractivity contribution >= 4 is 27.6 Å². The molecule has 10 nitrogen and oxygen atoms in total. The minimum Gasteiger partial charge on any atom is -0.497 e. The molecule has 4 rings (SSSR count). The summed E-state index contributed by atoms with van der Waals surface area (Å²) >= 11 is 0. The molecule has 0 radical (unpaired) electrons. The van der Waals surface area contributed by atoms with Crippen LogP contribution in [0.15, 0.2) is 90.0 Å². The van der Waals surface area contributed by atoms with Crippen LogP contribution < -0.4 is 19.7 Å². The van der Waals surface area contributed by atoms with Gasteiger partial charge >= 0.3 is 6.03 Å². The third-order valence-electron chi connectivity index (χ3n) is 7.18. The van der Waals surface area contributed by atoms with Crippen LogP contribution >= 0.6 is 0 Å². The molecule has 2 N–H and O–H groups in total. The monoisotopic (exact) mass is 617 g/mol. The maximum atomic E-state index is 13.8. The normalized spacial score (nSPS) is 12.0. The number of amides is 3. The molecule has 0 saturated heterocycles. The van der Waals surface area contributed by atoms with Crippen LogP contribution in [0.2, 0.25) is 0 Å². The predicted molar refractivity (Wildman–Crippen MR) is 171 cm³/mol. The molecular formula is C33H39N5O5S. The van der Waals surface area contributed by atoms with Gasteiger partial charge in [0.25, 0.3) is 10.0 Å². The van der Waals surface area contributed by atoms with Crippen molar-refractivity contribution in [2.45, 2.75) is 51.6 Å². The van der Waals surface area contributed by atoms with E-state index in [2.05, 4.69) is 29.0 Å². The van der Waals surface area contributed by atoms with Crippen LogP contribution in [0.1, 0.15) is 31.9 Å². The summed E-state index contributed by atoms with van der Waals surface area (Å²) in [7, 11) is -2.74. The highest BCUT2D eigenvalue weighted by Gasteiger charge is 2.29. The van der Waals surface area contributed by atoms with Gasteiger partial charge < -0.3 is 15.0 Å². The first-order valence-corrected chi connectivity index (χ1v) is 16.0. The van der Waals surface area contributed by atoms with Gasteiger partial charge in [-0.1, -0.05) is 56.3 Å². The van der Waals surface area contributed by atoms with Gasteiger partial charge in [0.1, 0.15) is 11.8 Å². The summed E-state index contributed by atoms with van der Waals surface area (Å²) in [6, 6.07) is 20.9. The van der Waals surface area contributed by atoms with Gasteiger partial charge in [-0.25, -0.2) is 17.9 Å². The van der Waals surface area contributed by atoms with Crippen LogP contribution in [-0.4, -0.2) is 49.8 Å². The lowest BCUT2D eigenvalue weighted by molar-refractivity contribution is -0.120. The molecule has 0 saturated carbocycles. The molecule has 0 spiro atoms. The molecule has 1 unspecified atom stereocenters. The molecule has 3 aromatic carbocycles. The van der Waals surface area contributed by atoms with Crippen LogP contribution in [0.3, 0.4) is 0 Å². The Labute approximate surface area is 259 Å². The summed E-state index contributed by atoms with van der Waals surface area (Å²) in [6.07, 6.45) is 1.84. The van der Waals surface area contributed by atoms with Gasteiger partial charge in [-0.2, -0.15) is 5.10 Å². The molecule has 0 aliphatic rings. The number of hydrogen-bond acceptors (Lipinski definition) is 6. The molecule has 44 heavy (non-hydrogen) atoms. The van der Waals surface area contributed by atoms with Gasteiger partial charge in [0, 0.05) is 37.0 Å². The van der Waals surface area contributed by atoms with E-state index in [0.717, 1.165) is 11.3 Å². The molecule has 3 amide bonds. The summed E-state index contributed by atoms with van der Waals surface area (Å²) in [5, 5.41) is 7.03. The van der Waals surface area contributed by atoms with Crippen molar-refractivity contribution in [3.8, 4) is 17.0 Å². The number of nitrogens with zero attached hydrogens (tertiary/aromatic N) is 3. The van der Waals surface area contributed by atoms with E-state index in [1.807, 2.05) is 54.1 Å². The standard InChI is InChI=1S/C33H39N5O5S/c1-6-37(26-15-17-27(43-5)18-16-26)32(39)29(21-25-11-8-7-9-12-25)35-33(40)36-44(41,42)31-14-10-13-28(24(31)4)30-19-20-34-38(30)22-23(2)3/h7-20,23,29H,6,21-22H2,1-5H3,(H2,35,36,40). The Morgan fingerprint density at radius 2 is 1.68 bits per heavy atom. The second kappa shape index (κ2) is 14.2. The number of nitrogens with one attached hydrogen (secondary N) is 2. The fourth-order valence-electron chi connectivity index (χ4n) is 5.07. The summed E-state index contributed by atoms with van der Waals surface area (Å²) in [5.74, 6) is 0.598. The number of likely N-dealkylation sites (N-methyl/N-ethyl adjacent to an activating group) is 1. The van der Waals surface area contributed by atoms with Crippen LogP contribution in [0.4, 0.5) is 10.5 Å². The quantitative estimate of drug-likeness (QED) is 0.226. The number of sulfonamides is 1. The lowest BCUT2D eigenvalue weighted by Crippen LogP contribution is -2.53. The molecular weight excluding hydrogens is 578 g/mol. The number of hydrogen-bond donors (Lipinski definition) is 2. The molecule has 1 heterocycles. The van der Waals surface area contributed by atoms with Crippen molar-refractivity contribution in [3.05, 3.63) is 96.2 Å². The lowest BCUT2D eigenvalue weighted by Gasteiger charge is -2.27. The first-order chi connectivity index (χ1) is 21.0. The first-order valence-electron chi connectivity index (χ1n) is 14.5. The molecule has 0 aliphatic carbocycles. The van der Waals surface area contributed by atoms with E-state index in [4.69, 9.17) is 4.74 Å². The Bertz CT molecular complexity index is 1690. The Morgan fingerprint density at radius 3 is 2.32 bits per heavy atom. The average Bonchev–Trinajstić information content (AvgIpc) is 3.44. The van der Waals surface area contributed by atoms with E-state index in [1.165, 1.54) is 11.0 Å². The maximum absolute atomic E-state index is 13.8. The van der Waals surface area contributed by atoms with Gasteiger partial charge in [0.2, 0.25) is 5.91 Å². The van der Waals surface area contributed by atoms with Gasteiger partial charge in [0.15, 0.2) is 0 Å². The van der Waals surface area contributed by atoms with Crippen LogP contribution in [0, 0.1) is 12.8 Å². The smallest absolute Gasteiger partial charge is 0.329 e. The van der Waals surface area contributed by atoms with E-state index in [9.17, 15) is 18.0 Å². The Hall–Kier alpha value is -4.64. The third-order valence-corrected chi connectivity index (χ3v) is 8.66. The molecule has 0 fully saturated rings. The number of methoxy groups -OCH3 is 1. The zero-order chi connectivity index (χ0) is 31.9. The fourth-order valence-corrected chi connectivity index (χ4v) is 6.25. The number of ether oxygens (including phenoxy) is 1. The SMILES string of the molecule is CCN(C(=O)C(Cc1ccccc1)NC(=O)NS(=O)(=O)c1cccc(-c2ccnn2CC(C)C)c1C)c1ccc(OC)cc1. The lowest BCUT2D eigenvalue weighted by atomic mass is 10.0. The summed E-state index contributed by atoms with van der Waals surface area (Å²) in [6.45, 7) is 8.68. The van der Waals surface area contributed by atoms with E-state index in [0.29, 0.717) is 41.6 Å². The fraction of sp³-hybridized carbons (Fsp3) is 0.303. The molecule has 232 valence electrons. The summed E-state index contributed by atoms with van der Waals surface area (Å²) in [5.41, 5.74) is 3.38. The Balaban J connectivity index is 1.59. The summed E-state index contributed by atoms with van der Waals surface area (Å²) < 4.78 is 36.3. The van der Waals surface area contributed by atoms with Crippen molar-refractivity contribution in [1.82, 2.24) is 19.8 Å². The molecule has 4 aromatic rings. The van der Waals surface area contributed by atoms with Gasteiger partial charge in [-0.05, 0) is 67.3 Å². The Kier molecular flexibility index (Phi) is 10.4. The van der Waals surface area contributed by atoms with Crippen molar-refractivity contribution in [2.75, 3.05) is 18.6 Å². The van der Waals surface area contributed by atoms with Crippen molar-refractivity contribution in [1.29, 1.82) is 0 Å². The van der Waals surface area contributed by atoms with E-state index < -0.39 is 22.1 Å². The summed E-state index contributed by atoms with van der Waals surface area (Å²) in [4.78, 5) is 28.6. The number of rotatable bonds is 12. The average molecular weight is 618 g/mol. The predicted octanol–water partition coefficient (Wildman–Crippen LogP) is 5.18. The number of urea groups is 1. The van der Waals surface area contributed by atoms with Crippen molar-refractivity contribution < 1.29 is 22.7 Å². The minimum absolute atomic E-state index is 0.0400. The number of benzene rings is 3. The number of aromatic nitrogens is 2. The highest BCUT2D eigenvalue weighted by molar-refractivity contribution is 7.90. The van der Waals surface area contributed by atoms with E-state index >= 15 is 0 Å². The topological polar surface area (TPSA) is 123 Å². The number of carbonyl (C=O) groups is 2. The van der Waals surface area contributed by atoms with Gasteiger partial charge in [-0.3, -0.25) is 9.48 Å². The van der Waals surface area contributed by atoms with Crippen LogP contribution in [-0.2, 0) is 27.8 Å². The van der Waals surface area contributed by atoms with Crippen LogP contribution in [0.5, 0.6) is 5.75 Å². The first kappa shape index (κ1) is 32.3. The maximum Gasteiger partial charge on any atom is 0.329 e. The van der Waals surface area contributed by atoms with Crippen LogP contribution in [0.25, 0.3) is 11.3 Å². The number of anilines is 1. The van der Waals surface area contributed by atoms with E-state index in [-0.39, 0.29) is 17.2 Å².